The van der Waals surface area contributed by atoms with E-state index in [0.717, 1.165) is 25.9 Å². The molecule has 3 heteroatoms. The molecule has 0 atom stereocenters. The van der Waals surface area contributed by atoms with E-state index in [2.05, 4.69) is 6.92 Å². The minimum atomic E-state index is 0.290. The van der Waals surface area contributed by atoms with Crippen LogP contribution in [0, 0.1) is 0 Å². The molecule has 1 fully saturated rings. The molecule has 0 radical (unpaired) electrons. The van der Waals surface area contributed by atoms with Gasteiger partial charge in [-0.15, -0.1) is 0 Å². The lowest BCUT2D eigenvalue weighted by molar-refractivity contribution is -0.123. The van der Waals surface area contributed by atoms with E-state index in [4.69, 9.17) is 9.47 Å². The van der Waals surface area contributed by atoms with Gasteiger partial charge < -0.3 is 9.47 Å². The van der Waals surface area contributed by atoms with E-state index in [1.165, 1.54) is 0 Å². The second kappa shape index (κ2) is 6.96. The first-order valence-electron chi connectivity index (χ1n) is 5.54. The summed E-state index contributed by atoms with van der Waals surface area (Å²) in [6.07, 6.45) is 4.52. The molecule has 3 nitrogen and oxygen atoms in total. The summed E-state index contributed by atoms with van der Waals surface area (Å²) in [6.45, 7) is 4.25. The highest BCUT2D eigenvalue weighted by Gasteiger charge is 2.18. The van der Waals surface area contributed by atoms with Crippen molar-refractivity contribution in [3.05, 3.63) is 0 Å². The monoisotopic (exact) mass is 200 g/mol. The van der Waals surface area contributed by atoms with E-state index >= 15 is 0 Å². The van der Waals surface area contributed by atoms with Gasteiger partial charge in [0.05, 0.1) is 19.3 Å². The van der Waals surface area contributed by atoms with Crippen molar-refractivity contribution in [3.8, 4) is 0 Å². The van der Waals surface area contributed by atoms with Crippen LogP contribution < -0.4 is 0 Å². The van der Waals surface area contributed by atoms with Crippen molar-refractivity contribution in [2.24, 2.45) is 0 Å². The number of carbonyl (C=O) groups is 1. The number of hydrogen-bond acceptors (Lipinski definition) is 3. The molecule has 0 aromatic carbocycles. The molecule has 0 aromatic heterocycles. The third kappa shape index (κ3) is 4.72. The molecule has 1 saturated carbocycles. The standard InChI is InChI=1S/C11H20O3/c1-2-7-13-8-9-14-11-5-3-10(12)4-6-11/h11H,2-9H2,1H3. The van der Waals surface area contributed by atoms with E-state index in [1.54, 1.807) is 0 Å². The van der Waals surface area contributed by atoms with Crippen LogP contribution >= 0.6 is 0 Å². The summed E-state index contributed by atoms with van der Waals surface area (Å²) in [5.74, 6) is 0.382. The predicted molar refractivity (Wildman–Crippen MR) is 54.3 cm³/mol. The Morgan fingerprint density at radius 1 is 1.21 bits per heavy atom. The lowest BCUT2D eigenvalue weighted by Gasteiger charge is -2.21. The van der Waals surface area contributed by atoms with Crippen molar-refractivity contribution < 1.29 is 14.3 Å². The van der Waals surface area contributed by atoms with E-state index in [1.807, 2.05) is 0 Å². The highest BCUT2D eigenvalue weighted by molar-refractivity contribution is 5.79. The first-order valence-corrected chi connectivity index (χ1v) is 5.54. The van der Waals surface area contributed by atoms with Crippen LogP contribution in [0.1, 0.15) is 39.0 Å². The third-order valence-corrected chi connectivity index (χ3v) is 2.42. The fraction of sp³-hybridized carbons (Fsp3) is 0.909. The maximum Gasteiger partial charge on any atom is 0.133 e. The fourth-order valence-corrected chi connectivity index (χ4v) is 1.60. The number of ketones is 1. The van der Waals surface area contributed by atoms with Gasteiger partial charge in [0.25, 0.3) is 0 Å². The van der Waals surface area contributed by atoms with Gasteiger partial charge in [-0.05, 0) is 19.3 Å². The number of hydrogen-bond donors (Lipinski definition) is 0. The average Bonchev–Trinajstić information content (AvgIpc) is 2.21. The van der Waals surface area contributed by atoms with Gasteiger partial charge in [-0.25, -0.2) is 0 Å². The van der Waals surface area contributed by atoms with E-state index in [9.17, 15) is 4.79 Å². The molecule has 0 N–H and O–H groups in total. The van der Waals surface area contributed by atoms with Crippen LogP contribution in [0.25, 0.3) is 0 Å². The van der Waals surface area contributed by atoms with Crippen LogP contribution in [0.15, 0.2) is 0 Å². The van der Waals surface area contributed by atoms with Crippen LogP contribution in [0.3, 0.4) is 0 Å². The minimum absolute atomic E-state index is 0.290. The van der Waals surface area contributed by atoms with E-state index < -0.39 is 0 Å². The molecule has 0 spiro atoms. The van der Waals surface area contributed by atoms with Crippen LogP contribution in [0.4, 0.5) is 0 Å². The fourth-order valence-electron chi connectivity index (χ4n) is 1.60. The molecule has 0 saturated heterocycles. The summed E-state index contributed by atoms with van der Waals surface area (Å²) in [5, 5.41) is 0. The SMILES string of the molecule is CCCOCCOC1CCC(=O)CC1. The van der Waals surface area contributed by atoms with Crippen molar-refractivity contribution >= 4 is 5.78 Å². The van der Waals surface area contributed by atoms with Crippen LogP contribution in [-0.4, -0.2) is 31.7 Å². The maximum absolute atomic E-state index is 10.9. The second-order valence-electron chi connectivity index (χ2n) is 3.72. The van der Waals surface area contributed by atoms with Gasteiger partial charge in [-0.3, -0.25) is 4.79 Å². The normalized spacial score (nSPS) is 18.8. The zero-order valence-electron chi connectivity index (χ0n) is 8.96. The van der Waals surface area contributed by atoms with Crippen LogP contribution in [0.2, 0.25) is 0 Å². The van der Waals surface area contributed by atoms with Gasteiger partial charge in [0.2, 0.25) is 0 Å². The highest BCUT2D eigenvalue weighted by atomic mass is 16.5. The van der Waals surface area contributed by atoms with Gasteiger partial charge in [0.1, 0.15) is 5.78 Å². The van der Waals surface area contributed by atoms with Gasteiger partial charge in [-0.1, -0.05) is 6.92 Å². The Morgan fingerprint density at radius 3 is 2.57 bits per heavy atom. The topological polar surface area (TPSA) is 35.5 Å². The summed E-state index contributed by atoms with van der Waals surface area (Å²) in [7, 11) is 0. The molecular weight excluding hydrogens is 180 g/mol. The number of carbonyl (C=O) groups excluding carboxylic acids is 1. The molecule has 1 aliphatic rings. The van der Waals surface area contributed by atoms with Crippen molar-refractivity contribution in [1.29, 1.82) is 0 Å². The van der Waals surface area contributed by atoms with Crippen molar-refractivity contribution in [2.45, 2.75) is 45.1 Å². The molecule has 1 rings (SSSR count). The molecule has 82 valence electrons. The van der Waals surface area contributed by atoms with Gasteiger partial charge in [-0.2, -0.15) is 0 Å². The van der Waals surface area contributed by atoms with Crippen LogP contribution in [0.5, 0.6) is 0 Å². The lowest BCUT2D eigenvalue weighted by Crippen LogP contribution is -2.23. The molecule has 0 heterocycles. The summed E-state index contributed by atoms with van der Waals surface area (Å²) < 4.78 is 10.9. The van der Waals surface area contributed by atoms with Gasteiger partial charge >= 0.3 is 0 Å². The quantitative estimate of drug-likeness (QED) is 0.615. The smallest absolute Gasteiger partial charge is 0.133 e. The molecule has 0 aliphatic heterocycles. The van der Waals surface area contributed by atoms with Crippen molar-refractivity contribution in [2.75, 3.05) is 19.8 Å². The highest BCUT2D eigenvalue weighted by Crippen LogP contribution is 2.17. The number of ether oxygens (including phenoxy) is 2. The number of Topliss-reactive ketones (excluding diaryl/α,β-unsaturated/α-hetero) is 1. The van der Waals surface area contributed by atoms with Crippen LogP contribution in [-0.2, 0) is 14.3 Å². The Kier molecular flexibility index (Phi) is 5.80. The average molecular weight is 200 g/mol. The first-order chi connectivity index (χ1) is 6.83. The molecule has 0 bridgehead atoms. The van der Waals surface area contributed by atoms with Crippen molar-refractivity contribution in [1.82, 2.24) is 0 Å². The molecule has 0 unspecified atom stereocenters. The van der Waals surface area contributed by atoms with Crippen molar-refractivity contribution in [3.63, 3.8) is 0 Å². The third-order valence-electron chi connectivity index (χ3n) is 2.42. The Hall–Kier alpha value is -0.410. The van der Waals surface area contributed by atoms with E-state index in [0.29, 0.717) is 31.8 Å². The summed E-state index contributed by atoms with van der Waals surface area (Å²) in [6, 6.07) is 0. The Balaban J connectivity index is 1.94. The summed E-state index contributed by atoms with van der Waals surface area (Å²) >= 11 is 0. The molecule has 0 amide bonds. The number of rotatable bonds is 6. The Labute approximate surface area is 85.8 Å². The second-order valence-corrected chi connectivity index (χ2v) is 3.72. The molecule has 0 aromatic rings. The Bertz CT molecular complexity index is 158. The lowest BCUT2D eigenvalue weighted by atomic mass is 9.97. The van der Waals surface area contributed by atoms with E-state index in [-0.39, 0.29) is 6.10 Å². The Morgan fingerprint density at radius 2 is 1.93 bits per heavy atom. The summed E-state index contributed by atoms with van der Waals surface area (Å²) in [5.41, 5.74) is 0. The summed E-state index contributed by atoms with van der Waals surface area (Å²) in [4.78, 5) is 10.9. The molecule has 1 aliphatic carbocycles. The molecule has 14 heavy (non-hydrogen) atoms. The minimum Gasteiger partial charge on any atom is -0.379 e. The zero-order valence-corrected chi connectivity index (χ0v) is 8.96. The maximum atomic E-state index is 10.9. The van der Waals surface area contributed by atoms with Gasteiger partial charge in [0.15, 0.2) is 0 Å². The van der Waals surface area contributed by atoms with Gasteiger partial charge in [0, 0.05) is 19.4 Å². The predicted octanol–water partition coefficient (Wildman–Crippen LogP) is 1.94. The zero-order chi connectivity index (χ0) is 10.2. The first kappa shape index (κ1) is 11.7. The molecular formula is C11H20O3. The largest absolute Gasteiger partial charge is 0.379 e.